The second kappa shape index (κ2) is 3.84. The van der Waals surface area contributed by atoms with Gasteiger partial charge < -0.3 is 4.52 Å². The number of nitrogens with one attached hydrogen (secondary N) is 2. The lowest BCUT2D eigenvalue weighted by molar-refractivity contribution is 0.390. The van der Waals surface area contributed by atoms with E-state index in [1.165, 1.54) is 6.92 Å². The Morgan fingerprint density at radius 3 is 2.47 bits per heavy atom. The monoisotopic (exact) mass is 257 g/mol. The molecule has 0 saturated carbocycles. The summed E-state index contributed by atoms with van der Waals surface area (Å²) in [4.78, 5) is 3.87. The van der Waals surface area contributed by atoms with Crippen LogP contribution in [0.3, 0.4) is 0 Å². The first-order valence-corrected chi connectivity index (χ1v) is 6.23. The molecule has 0 atom stereocenters. The van der Waals surface area contributed by atoms with Crippen molar-refractivity contribution >= 4 is 16.0 Å². The van der Waals surface area contributed by atoms with E-state index >= 15 is 0 Å². The number of aryl methyl sites for hydroxylation is 3. The normalized spacial score (nSPS) is 11.7. The van der Waals surface area contributed by atoms with Crippen LogP contribution in [0.5, 0.6) is 0 Å². The molecule has 9 heteroatoms. The zero-order chi connectivity index (χ0) is 12.6. The first kappa shape index (κ1) is 11.6. The molecule has 2 rings (SSSR count). The summed E-state index contributed by atoms with van der Waals surface area (Å²) in [7, 11) is -3.77. The largest absolute Gasteiger partial charge is 0.360 e. The lowest BCUT2D eigenvalue weighted by atomic mass is 10.4. The predicted molar refractivity (Wildman–Crippen MR) is 57.9 cm³/mol. The van der Waals surface area contributed by atoms with Crippen molar-refractivity contribution in [1.82, 2.24) is 20.3 Å². The molecule has 2 N–H and O–H groups in total. The van der Waals surface area contributed by atoms with Crippen LogP contribution in [-0.2, 0) is 10.0 Å². The first-order chi connectivity index (χ1) is 7.90. The fraction of sp³-hybridized carbons (Fsp3) is 0.375. The smallest absolute Gasteiger partial charge is 0.269 e. The average molecular weight is 257 g/mol. The van der Waals surface area contributed by atoms with E-state index in [1.807, 2.05) is 0 Å². The van der Waals surface area contributed by atoms with Gasteiger partial charge in [-0.3, -0.25) is 5.10 Å². The van der Waals surface area contributed by atoms with Gasteiger partial charge in [0.05, 0.1) is 0 Å². The number of aromatic nitrogens is 4. The second-order valence-electron chi connectivity index (χ2n) is 3.50. The number of nitrogens with zero attached hydrogens (tertiary/aromatic N) is 3. The van der Waals surface area contributed by atoms with E-state index in [0.717, 1.165) is 0 Å². The quantitative estimate of drug-likeness (QED) is 0.828. The van der Waals surface area contributed by atoms with Gasteiger partial charge in [-0.1, -0.05) is 5.16 Å². The van der Waals surface area contributed by atoms with Gasteiger partial charge in [0.1, 0.15) is 11.5 Å². The summed E-state index contributed by atoms with van der Waals surface area (Å²) in [6.07, 6.45) is 0. The van der Waals surface area contributed by atoms with Crippen LogP contribution in [0.1, 0.15) is 17.3 Å². The average Bonchev–Trinajstić information content (AvgIpc) is 2.73. The summed E-state index contributed by atoms with van der Waals surface area (Å²) in [5.74, 6) is 0.728. The fourth-order valence-corrected chi connectivity index (χ4v) is 2.69. The van der Waals surface area contributed by atoms with Crippen molar-refractivity contribution in [2.24, 2.45) is 0 Å². The molecule has 92 valence electrons. The minimum absolute atomic E-state index is 0.0116. The summed E-state index contributed by atoms with van der Waals surface area (Å²) >= 11 is 0. The van der Waals surface area contributed by atoms with Crippen LogP contribution in [0.15, 0.2) is 9.42 Å². The summed E-state index contributed by atoms with van der Waals surface area (Å²) in [6.45, 7) is 4.74. The van der Waals surface area contributed by atoms with Crippen molar-refractivity contribution in [3.8, 4) is 0 Å². The van der Waals surface area contributed by atoms with Gasteiger partial charge in [-0.25, -0.2) is 13.1 Å². The van der Waals surface area contributed by atoms with Crippen LogP contribution in [0, 0.1) is 20.8 Å². The van der Waals surface area contributed by atoms with E-state index in [2.05, 4.69) is 25.1 Å². The van der Waals surface area contributed by atoms with Crippen LogP contribution in [0.25, 0.3) is 0 Å². The highest BCUT2D eigenvalue weighted by molar-refractivity contribution is 7.92. The number of hydrogen-bond donors (Lipinski definition) is 2. The number of anilines is 1. The maximum Gasteiger partial charge on any atom is 0.269 e. The van der Waals surface area contributed by atoms with E-state index in [0.29, 0.717) is 11.5 Å². The molecule has 0 radical (unpaired) electrons. The molecule has 0 fully saturated rings. The highest BCUT2D eigenvalue weighted by atomic mass is 32.2. The third-order valence-electron chi connectivity index (χ3n) is 2.06. The number of sulfonamides is 1. The molecular weight excluding hydrogens is 246 g/mol. The van der Waals surface area contributed by atoms with Crippen molar-refractivity contribution in [2.75, 3.05) is 4.72 Å². The molecule has 2 aromatic rings. The van der Waals surface area contributed by atoms with Crippen LogP contribution in [0.4, 0.5) is 5.95 Å². The van der Waals surface area contributed by atoms with Crippen LogP contribution in [-0.4, -0.2) is 28.8 Å². The van der Waals surface area contributed by atoms with Gasteiger partial charge in [-0.2, -0.15) is 4.98 Å². The Balaban J connectivity index is 2.38. The molecule has 2 heterocycles. The van der Waals surface area contributed by atoms with Crippen LogP contribution < -0.4 is 4.72 Å². The van der Waals surface area contributed by atoms with Crippen molar-refractivity contribution in [3.63, 3.8) is 0 Å². The Bertz CT molecular complexity index is 622. The highest BCUT2D eigenvalue weighted by Crippen LogP contribution is 2.20. The molecular formula is C8H11N5O3S. The van der Waals surface area contributed by atoms with Crippen LogP contribution >= 0.6 is 0 Å². The summed E-state index contributed by atoms with van der Waals surface area (Å²) in [5, 5.41) is 9.82. The zero-order valence-electron chi connectivity index (χ0n) is 9.47. The molecule has 0 amide bonds. The number of hydrogen-bond acceptors (Lipinski definition) is 6. The van der Waals surface area contributed by atoms with Gasteiger partial charge in [0.2, 0.25) is 0 Å². The van der Waals surface area contributed by atoms with E-state index in [9.17, 15) is 8.42 Å². The minimum Gasteiger partial charge on any atom is -0.360 e. The Labute approximate surface area is 97.5 Å². The van der Waals surface area contributed by atoms with Gasteiger partial charge in [-0.05, 0) is 20.8 Å². The predicted octanol–water partition coefficient (Wildman–Crippen LogP) is 0.519. The van der Waals surface area contributed by atoms with Crippen molar-refractivity contribution in [1.29, 1.82) is 0 Å². The standard InChI is InChI=1S/C8H11N5O3S/c1-4-7(5(2)16-12-4)17(14,15)13-8-9-6(3)10-11-8/h1-3H3,(H2,9,10,11,13). The Hall–Kier alpha value is -1.90. The number of H-pyrrole nitrogens is 1. The molecule has 8 nitrogen and oxygen atoms in total. The SMILES string of the molecule is Cc1nc(NS(=O)(=O)c2c(C)noc2C)n[nH]1. The summed E-state index contributed by atoms with van der Waals surface area (Å²) in [5.41, 5.74) is 0.294. The molecule has 0 unspecified atom stereocenters. The van der Waals surface area contributed by atoms with E-state index in [1.54, 1.807) is 13.8 Å². The van der Waals surface area contributed by atoms with Gasteiger partial charge in [0, 0.05) is 0 Å². The molecule has 0 bridgehead atoms. The number of rotatable bonds is 3. The molecule has 0 aromatic carbocycles. The maximum absolute atomic E-state index is 12.0. The Morgan fingerprint density at radius 1 is 1.29 bits per heavy atom. The van der Waals surface area contributed by atoms with E-state index in [4.69, 9.17) is 4.52 Å². The third-order valence-corrected chi connectivity index (χ3v) is 3.63. The lowest BCUT2D eigenvalue weighted by Gasteiger charge is -2.02. The van der Waals surface area contributed by atoms with Gasteiger partial charge in [-0.15, -0.1) is 5.10 Å². The first-order valence-electron chi connectivity index (χ1n) is 4.75. The van der Waals surface area contributed by atoms with Crippen LogP contribution in [0.2, 0.25) is 0 Å². The van der Waals surface area contributed by atoms with Gasteiger partial charge in [0.15, 0.2) is 10.7 Å². The molecule has 0 saturated heterocycles. The molecule has 0 aliphatic rings. The summed E-state index contributed by atoms with van der Waals surface area (Å²) < 4.78 is 31.1. The summed E-state index contributed by atoms with van der Waals surface area (Å²) in [6, 6.07) is 0. The second-order valence-corrected chi connectivity index (χ2v) is 5.12. The Morgan fingerprint density at radius 2 is 2.00 bits per heavy atom. The number of aromatic amines is 1. The Kier molecular flexibility index (Phi) is 2.62. The van der Waals surface area contributed by atoms with Crippen molar-refractivity contribution in [3.05, 3.63) is 17.3 Å². The van der Waals surface area contributed by atoms with E-state index < -0.39 is 10.0 Å². The van der Waals surface area contributed by atoms with Gasteiger partial charge in [0.25, 0.3) is 16.0 Å². The molecule has 2 aromatic heterocycles. The molecule has 0 aliphatic heterocycles. The third kappa shape index (κ3) is 2.13. The minimum atomic E-state index is -3.77. The van der Waals surface area contributed by atoms with Gasteiger partial charge >= 0.3 is 0 Å². The van der Waals surface area contributed by atoms with E-state index in [-0.39, 0.29) is 16.6 Å². The molecule has 17 heavy (non-hydrogen) atoms. The van der Waals surface area contributed by atoms with Crippen molar-refractivity contribution in [2.45, 2.75) is 25.7 Å². The maximum atomic E-state index is 12.0. The van der Waals surface area contributed by atoms with Crippen molar-refractivity contribution < 1.29 is 12.9 Å². The lowest BCUT2D eigenvalue weighted by Crippen LogP contribution is -2.15. The topological polar surface area (TPSA) is 114 Å². The zero-order valence-corrected chi connectivity index (χ0v) is 10.3. The molecule has 0 spiro atoms. The molecule has 0 aliphatic carbocycles. The fourth-order valence-electron chi connectivity index (χ4n) is 1.42. The highest BCUT2D eigenvalue weighted by Gasteiger charge is 2.25.